The normalized spacial score (nSPS) is 10.2. The molecular formula is C8H6ClN3O. The first-order valence-corrected chi connectivity index (χ1v) is 4.04. The van der Waals surface area contributed by atoms with Gasteiger partial charge in [0.25, 0.3) is 0 Å². The molecule has 0 spiro atoms. The van der Waals surface area contributed by atoms with Crippen molar-refractivity contribution in [2.45, 2.75) is 0 Å². The number of halogens is 1. The van der Waals surface area contributed by atoms with E-state index in [2.05, 4.69) is 10.2 Å². The van der Waals surface area contributed by atoms with Crippen LogP contribution in [-0.2, 0) is 0 Å². The number of aromatic amines is 1. The van der Waals surface area contributed by atoms with Crippen LogP contribution >= 0.6 is 11.6 Å². The number of hydrogen-bond donors (Lipinski definition) is 1. The van der Waals surface area contributed by atoms with E-state index < -0.39 is 0 Å². The Labute approximate surface area is 78.8 Å². The van der Waals surface area contributed by atoms with Gasteiger partial charge in [-0.15, -0.1) is 0 Å². The van der Waals surface area contributed by atoms with Crippen LogP contribution in [0, 0.1) is 0 Å². The van der Waals surface area contributed by atoms with Crippen molar-refractivity contribution in [2.75, 3.05) is 0 Å². The molecule has 0 saturated carbocycles. The average Bonchev–Trinajstić information content (AvgIpc) is 2.52. The molecule has 2 aromatic rings. The summed E-state index contributed by atoms with van der Waals surface area (Å²) >= 11 is 5.89. The second-order valence-electron chi connectivity index (χ2n) is 2.48. The second-order valence-corrected chi connectivity index (χ2v) is 2.89. The minimum absolute atomic E-state index is 0.298. The van der Waals surface area contributed by atoms with Gasteiger partial charge in [-0.1, -0.05) is 23.7 Å². The number of hydrogen-bond acceptors (Lipinski definition) is 2. The van der Waals surface area contributed by atoms with Gasteiger partial charge < -0.3 is 0 Å². The van der Waals surface area contributed by atoms with Crippen LogP contribution in [0.15, 0.2) is 35.4 Å². The molecule has 0 unspecified atom stereocenters. The van der Waals surface area contributed by atoms with Crippen LogP contribution in [-0.4, -0.2) is 14.8 Å². The standard InChI is InChI=1S/C8H6ClN3O/c9-6-3-1-2-4-7(6)12-5-10-11-8(12)13/h1-5H,(H,11,13). The zero-order valence-corrected chi connectivity index (χ0v) is 7.32. The molecule has 0 bridgehead atoms. The summed E-state index contributed by atoms with van der Waals surface area (Å²) in [4.78, 5) is 11.2. The van der Waals surface area contributed by atoms with Gasteiger partial charge in [-0.05, 0) is 12.1 Å². The molecule has 0 radical (unpaired) electrons. The molecule has 2 rings (SSSR count). The smallest absolute Gasteiger partial charge is 0.248 e. The lowest BCUT2D eigenvalue weighted by Crippen LogP contribution is -2.14. The Hall–Kier alpha value is -1.55. The maximum Gasteiger partial charge on any atom is 0.347 e. The van der Waals surface area contributed by atoms with Gasteiger partial charge in [0.15, 0.2) is 0 Å². The number of benzene rings is 1. The fraction of sp³-hybridized carbons (Fsp3) is 0. The Balaban J connectivity index is 2.66. The van der Waals surface area contributed by atoms with Crippen LogP contribution in [0.3, 0.4) is 0 Å². The predicted octanol–water partition coefficient (Wildman–Crippen LogP) is 1.21. The topological polar surface area (TPSA) is 50.7 Å². The Morgan fingerprint density at radius 1 is 1.38 bits per heavy atom. The van der Waals surface area contributed by atoms with Crippen molar-refractivity contribution >= 4 is 11.6 Å². The monoisotopic (exact) mass is 195 g/mol. The third-order valence-corrected chi connectivity index (χ3v) is 1.98. The van der Waals surface area contributed by atoms with Crippen molar-refractivity contribution in [3.63, 3.8) is 0 Å². The lowest BCUT2D eigenvalue weighted by atomic mass is 10.3. The zero-order chi connectivity index (χ0) is 9.26. The summed E-state index contributed by atoms with van der Waals surface area (Å²) in [6, 6.07) is 7.08. The summed E-state index contributed by atoms with van der Waals surface area (Å²) in [5, 5.41) is 6.42. The molecule has 1 heterocycles. The maximum absolute atomic E-state index is 11.2. The fourth-order valence-corrected chi connectivity index (χ4v) is 1.29. The van der Waals surface area contributed by atoms with E-state index in [-0.39, 0.29) is 5.69 Å². The molecule has 66 valence electrons. The van der Waals surface area contributed by atoms with E-state index in [0.29, 0.717) is 10.7 Å². The number of aromatic nitrogens is 3. The van der Waals surface area contributed by atoms with Crippen LogP contribution in [0.2, 0.25) is 5.02 Å². The van der Waals surface area contributed by atoms with Crippen molar-refractivity contribution in [1.29, 1.82) is 0 Å². The van der Waals surface area contributed by atoms with Crippen molar-refractivity contribution in [2.24, 2.45) is 0 Å². The zero-order valence-electron chi connectivity index (χ0n) is 6.57. The molecule has 0 fully saturated rings. The highest BCUT2D eigenvalue weighted by atomic mass is 35.5. The van der Waals surface area contributed by atoms with Gasteiger partial charge in [-0.2, -0.15) is 5.10 Å². The first-order valence-electron chi connectivity index (χ1n) is 3.66. The summed E-state index contributed by atoms with van der Waals surface area (Å²) < 4.78 is 1.35. The van der Waals surface area contributed by atoms with Crippen LogP contribution in [0.1, 0.15) is 0 Å². The Morgan fingerprint density at radius 3 is 2.77 bits per heavy atom. The van der Waals surface area contributed by atoms with Crippen molar-refractivity contribution in [3.05, 3.63) is 46.1 Å². The number of nitrogens with zero attached hydrogens (tertiary/aromatic N) is 2. The lowest BCUT2D eigenvalue weighted by Gasteiger charge is -2.00. The van der Waals surface area contributed by atoms with Crippen LogP contribution in [0.5, 0.6) is 0 Å². The summed E-state index contributed by atoms with van der Waals surface area (Å²) in [6.45, 7) is 0. The molecule has 0 atom stereocenters. The van der Waals surface area contributed by atoms with Crippen molar-refractivity contribution in [1.82, 2.24) is 14.8 Å². The molecule has 0 aliphatic carbocycles. The average molecular weight is 196 g/mol. The molecular weight excluding hydrogens is 190 g/mol. The van der Waals surface area contributed by atoms with E-state index in [1.807, 2.05) is 0 Å². The molecule has 0 aliphatic heterocycles. The van der Waals surface area contributed by atoms with Crippen molar-refractivity contribution < 1.29 is 0 Å². The number of rotatable bonds is 1. The van der Waals surface area contributed by atoms with E-state index in [1.165, 1.54) is 10.9 Å². The Morgan fingerprint density at radius 2 is 2.15 bits per heavy atom. The molecule has 1 N–H and O–H groups in total. The van der Waals surface area contributed by atoms with Crippen LogP contribution < -0.4 is 5.69 Å². The summed E-state index contributed by atoms with van der Waals surface area (Å²) in [7, 11) is 0. The quantitative estimate of drug-likeness (QED) is 0.744. The summed E-state index contributed by atoms with van der Waals surface area (Å²) in [6.07, 6.45) is 1.39. The van der Waals surface area contributed by atoms with E-state index in [4.69, 9.17) is 11.6 Å². The van der Waals surface area contributed by atoms with Crippen LogP contribution in [0.4, 0.5) is 0 Å². The molecule has 0 amide bonds. The second kappa shape index (κ2) is 3.06. The SMILES string of the molecule is O=c1[nH]ncn1-c1ccccc1Cl. The van der Waals surface area contributed by atoms with Crippen molar-refractivity contribution in [3.8, 4) is 5.69 Å². The molecule has 5 heteroatoms. The fourth-order valence-electron chi connectivity index (χ4n) is 1.07. The number of nitrogens with one attached hydrogen (secondary N) is 1. The van der Waals surface area contributed by atoms with Gasteiger partial charge in [0.2, 0.25) is 0 Å². The Bertz CT molecular complexity index is 474. The first-order chi connectivity index (χ1) is 6.29. The van der Waals surface area contributed by atoms with E-state index in [1.54, 1.807) is 24.3 Å². The minimum atomic E-state index is -0.298. The molecule has 1 aromatic heterocycles. The third kappa shape index (κ3) is 1.36. The maximum atomic E-state index is 11.2. The molecule has 1 aromatic carbocycles. The summed E-state index contributed by atoms with van der Waals surface area (Å²) in [5.41, 5.74) is 0.330. The number of para-hydroxylation sites is 1. The molecule has 0 aliphatic rings. The first kappa shape index (κ1) is 8.07. The van der Waals surface area contributed by atoms with Gasteiger partial charge in [0.05, 0.1) is 10.7 Å². The van der Waals surface area contributed by atoms with Crippen LogP contribution in [0.25, 0.3) is 5.69 Å². The van der Waals surface area contributed by atoms with Gasteiger partial charge in [0, 0.05) is 0 Å². The molecule has 0 saturated heterocycles. The highest BCUT2D eigenvalue weighted by molar-refractivity contribution is 6.32. The lowest BCUT2D eigenvalue weighted by molar-refractivity contribution is 0.983. The van der Waals surface area contributed by atoms with E-state index in [0.717, 1.165) is 0 Å². The van der Waals surface area contributed by atoms with Gasteiger partial charge in [-0.3, -0.25) is 0 Å². The minimum Gasteiger partial charge on any atom is -0.248 e. The largest absolute Gasteiger partial charge is 0.347 e. The third-order valence-electron chi connectivity index (χ3n) is 1.66. The summed E-state index contributed by atoms with van der Waals surface area (Å²) in [5.74, 6) is 0. The molecule has 13 heavy (non-hydrogen) atoms. The Kier molecular flexibility index (Phi) is 1.90. The number of H-pyrrole nitrogens is 1. The molecule has 4 nitrogen and oxygen atoms in total. The predicted molar refractivity (Wildman–Crippen MR) is 49.2 cm³/mol. The van der Waals surface area contributed by atoms with E-state index in [9.17, 15) is 4.79 Å². The van der Waals surface area contributed by atoms with Gasteiger partial charge in [-0.25, -0.2) is 14.5 Å². The highest BCUT2D eigenvalue weighted by Gasteiger charge is 2.03. The van der Waals surface area contributed by atoms with Gasteiger partial charge in [0.1, 0.15) is 6.33 Å². The highest BCUT2D eigenvalue weighted by Crippen LogP contribution is 2.17. The van der Waals surface area contributed by atoms with E-state index >= 15 is 0 Å². The van der Waals surface area contributed by atoms with Gasteiger partial charge >= 0.3 is 5.69 Å².